The summed E-state index contributed by atoms with van der Waals surface area (Å²) in [6, 6.07) is 5.59. The van der Waals surface area contributed by atoms with E-state index in [4.69, 9.17) is 0 Å². The molecule has 0 saturated carbocycles. The van der Waals surface area contributed by atoms with Crippen LogP contribution >= 0.6 is 15.9 Å². The van der Waals surface area contributed by atoms with Crippen molar-refractivity contribution >= 4 is 32.7 Å². The summed E-state index contributed by atoms with van der Waals surface area (Å²) in [6.45, 7) is 3.28. The Morgan fingerprint density at radius 3 is 2.64 bits per heavy atom. The van der Waals surface area contributed by atoms with Crippen molar-refractivity contribution in [3.63, 3.8) is 0 Å². The molecule has 2 aromatic heterocycles. The van der Waals surface area contributed by atoms with E-state index >= 15 is 0 Å². The molecule has 0 amide bonds. The Bertz CT molecular complexity index is 927. The number of alkyl halides is 3. The van der Waals surface area contributed by atoms with E-state index in [-0.39, 0.29) is 11.6 Å². The number of nitrogens with zero attached hydrogens (tertiary/aromatic N) is 3. The van der Waals surface area contributed by atoms with Crippen LogP contribution in [0.5, 0.6) is 0 Å². The van der Waals surface area contributed by atoms with E-state index in [0.29, 0.717) is 21.5 Å². The maximum absolute atomic E-state index is 13.1. The number of fused-ring (bicyclic) bond motifs is 1. The molecule has 3 aromatic rings. The van der Waals surface area contributed by atoms with Crippen molar-refractivity contribution in [1.29, 1.82) is 0 Å². The fourth-order valence-corrected chi connectivity index (χ4v) is 3.09. The number of benzene rings is 1. The topological polar surface area (TPSA) is 50.7 Å². The lowest BCUT2D eigenvalue weighted by molar-refractivity contribution is -0.138. The molecule has 1 N–H and O–H groups in total. The van der Waals surface area contributed by atoms with Crippen molar-refractivity contribution in [1.82, 2.24) is 15.0 Å². The van der Waals surface area contributed by atoms with E-state index in [1.807, 2.05) is 0 Å². The van der Waals surface area contributed by atoms with Crippen molar-refractivity contribution in [2.75, 3.05) is 5.32 Å². The van der Waals surface area contributed by atoms with Gasteiger partial charge in [-0.2, -0.15) is 13.2 Å². The molecule has 1 aromatic carbocycles. The first-order chi connectivity index (χ1) is 11.8. The number of anilines is 1. The molecule has 1 atom stereocenters. The summed E-state index contributed by atoms with van der Waals surface area (Å²) in [5.74, 6) is 0.539. The van der Waals surface area contributed by atoms with Gasteiger partial charge in [-0.15, -0.1) is 0 Å². The highest BCUT2D eigenvalue weighted by atomic mass is 79.9. The van der Waals surface area contributed by atoms with Gasteiger partial charge >= 0.3 is 6.18 Å². The molecule has 130 valence electrons. The predicted molar refractivity (Wildman–Crippen MR) is 93.3 cm³/mol. The van der Waals surface area contributed by atoms with Crippen LogP contribution in [0.1, 0.15) is 29.7 Å². The summed E-state index contributed by atoms with van der Waals surface area (Å²) in [4.78, 5) is 12.5. The molecule has 0 aliphatic carbocycles. The summed E-state index contributed by atoms with van der Waals surface area (Å²) >= 11 is 3.30. The summed E-state index contributed by atoms with van der Waals surface area (Å²) in [6.07, 6.45) is -1.38. The second-order valence-corrected chi connectivity index (χ2v) is 6.44. The van der Waals surface area contributed by atoms with Gasteiger partial charge in [-0.3, -0.25) is 0 Å². The zero-order valence-corrected chi connectivity index (χ0v) is 15.0. The van der Waals surface area contributed by atoms with Crippen LogP contribution in [0.25, 0.3) is 10.9 Å². The molecule has 0 bridgehead atoms. The summed E-state index contributed by atoms with van der Waals surface area (Å²) in [7, 11) is 0. The molecular weight excluding hydrogens is 397 g/mol. The highest BCUT2D eigenvalue weighted by Gasteiger charge is 2.33. The molecule has 2 heterocycles. The van der Waals surface area contributed by atoms with Gasteiger partial charge in [-0.25, -0.2) is 15.0 Å². The monoisotopic (exact) mass is 410 g/mol. The van der Waals surface area contributed by atoms with Gasteiger partial charge in [0.1, 0.15) is 16.7 Å². The maximum atomic E-state index is 13.1. The van der Waals surface area contributed by atoms with Gasteiger partial charge in [0.25, 0.3) is 0 Å². The molecule has 8 heteroatoms. The van der Waals surface area contributed by atoms with Gasteiger partial charge in [0.05, 0.1) is 23.3 Å². The Balaban J connectivity index is 1.99. The zero-order valence-electron chi connectivity index (χ0n) is 13.4. The average Bonchev–Trinajstić information content (AvgIpc) is 2.54. The zero-order chi connectivity index (χ0) is 18.2. The smallest absolute Gasteiger partial charge is 0.363 e. The molecule has 0 radical (unpaired) electrons. The first-order valence-corrected chi connectivity index (χ1v) is 8.26. The minimum atomic E-state index is -4.38. The molecule has 25 heavy (non-hydrogen) atoms. The van der Waals surface area contributed by atoms with Crippen molar-refractivity contribution in [2.24, 2.45) is 0 Å². The summed E-state index contributed by atoms with van der Waals surface area (Å²) in [5, 5.41) is 3.92. The molecule has 0 spiro atoms. The number of halogens is 4. The SMILES string of the molecule is Cc1c(C(C)Nc2ncnc3cnc(Br)cc23)cccc1C(F)(F)F. The molecule has 1 unspecified atom stereocenters. The Labute approximate surface area is 150 Å². The van der Waals surface area contributed by atoms with Crippen LogP contribution in [-0.2, 0) is 6.18 Å². The lowest BCUT2D eigenvalue weighted by Crippen LogP contribution is -2.14. The lowest BCUT2D eigenvalue weighted by Gasteiger charge is -2.20. The quantitative estimate of drug-likeness (QED) is 0.596. The minimum Gasteiger partial charge on any atom is -0.363 e. The van der Waals surface area contributed by atoms with Crippen molar-refractivity contribution in [3.8, 4) is 0 Å². The maximum Gasteiger partial charge on any atom is 0.416 e. The fraction of sp³-hybridized carbons (Fsp3) is 0.235. The Morgan fingerprint density at radius 1 is 1.16 bits per heavy atom. The molecule has 0 aliphatic rings. The van der Waals surface area contributed by atoms with Crippen LogP contribution < -0.4 is 5.32 Å². The second kappa shape index (κ2) is 6.59. The van der Waals surface area contributed by atoms with Gasteiger partial charge in [0.2, 0.25) is 0 Å². The van der Waals surface area contributed by atoms with E-state index in [1.165, 1.54) is 19.3 Å². The van der Waals surface area contributed by atoms with Gasteiger partial charge < -0.3 is 5.32 Å². The van der Waals surface area contributed by atoms with Crippen LogP contribution in [0.15, 0.2) is 41.4 Å². The number of aromatic nitrogens is 3. The van der Waals surface area contributed by atoms with Gasteiger partial charge in [0, 0.05) is 5.39 Å². The van der Waals surface area contributed by atoms with Crippen molar-refractivity contribution < 1.29 is 13.2 Å². The number of pyridine rings is 1. The van der Waals surface area contributed by atoms with E-state index in [2.05, 4.69) is 36.2 Å². The van der Waals surface area contributed by atoms with Crippen LogP contribution in [0.2, 0.25) is 0 Å². The Morgan fingerprint density at radius 2 is 1.92 bits per heavy atom. The largest absolute Gasteiger partial charge is 0.416 e. The molecule has 0 saturated heterocycles. The third-order valence-electron chi connectivity index (χ3n) is 3.99. The molecule has 3 rings (SSSR count). The van der Waals surface area contributed by atoms with Crippen LogP contribution in [-0.4, -0.2) is 15.0 Å². The lowest BCUT2D eigenvalue weighted by atomic mass is 9.97. The summed E-state index contributed by atoms with van der Waals surface area (Å²) in [5.41, 5.74) is 0.790. The van der Waals surface area contributed by atoms with Gasteiger partial charge in [0.15, 0.2) is 0 Å². The third kappa shape index (κ3) is 3.58. The van der Waals surface area contributed by atoms with Gasteiger partial charge in [-0.1, -0.05) is 12.1 Å². The second-order valence-electron chi connectivity index (χ2n) is 5.63. The first kappa shape index (κ1) is 17.6. The number of rotatable bonds is 3. The van der Waals surface area contributed by atoms with E-state index in [1.54, 1.807) is 25.3 Å². The predicted octanol–water partition coefficient (Wildman–Crippen LogP) is 5.29. The molecule has 4 nitrogen and oxygen atoms in total. The minimum absolute atomic E-state index is 0.205. The molecule has 0 fully saturated rings. The van der Waals surface area contributed by atoms with E-state index < -0.39 is 11.7 Å². The highest BCUT2D eigenvalue weighted by molar-refractivity contribution is 9.10. The van der Waals surface area contributed by atoms with E-state index in [9.17, 15) is 13.2 Å². The number of hydrogen-bond acceptors (Lipinski definition) is 4. The van der Waals surface area contributed by atoms with E-state index in [0.717, 1.165) is 11.5 Å². The Kier molecular flexibility index (Phi) is 4.64. The fourth-order valence-electron chi connectivity index (χ4n) is 2.76. The van der Waals surface area contributed by atoms with Crippen LogP contribution in [0, 0.1) is 6.92 Å². The van der Waals surface area contributed by atoms with Gasteiger partial charge in [-0.05, 0) is 53.0 Å². The van der Waals surface area contributed by atoms with Crippen LogP contribution in [0.4, 0.5) is 19.0 Å². The standard InChI is InChI=1S/C17H14BrF3N4/c1-9-11(4-3-5-13(9)17(19,20)21)10(2)25-16-12-6-15(18)22-7-14(12)23-8-24-16/h3-8,10H,1-2H3,(H,23,24,25). The average molecular weight is 411 g/mol. The summed E-state index contributed by atoms with van der Waals surface area (Å²) < 4.78 is 40.0. The first-order valence-electron chi connectivity index (χ1n) is 7.47. The number of hydrogen-bond donors (Lipinski definition) is 1. The highest BCUT2D eigenvalue weighted by Crippen LogP contribution is 2.35. The number of nitrogens with one attached hydrogen (secondary N) is 1. The third-order valence-corrected chi connectivity index (χ3v) is 4.42. The normalized spacial score (nSPS) is 13.0. The molecular formula is C17H14BrF3N4. The Hall–Kier alpha value is -2.22. The van der Waals surface area contributed by atoms with Crippen LogP contribution in [0.3, 0.4) is 0 Å². The van der Waals surface area contributed by atoms with Crippen molar-refractivity contribution in [2.45, 2.75) is 26.1 Å². The van der Waals surface area contributed by atoms with Crippen molar-refractivity contribution in [3.05, 3.63) is 58.1 Å². The molecule has 0 aliphatic heterocycles.